The maximum absolute atomic E-state index is 13.6. The van der Waals surface area contributed by atoms with Crippen LogP contribution >= 0.6 is 19.3 Å². The Labute approximate surface area is 212 Å². The second kappa shape index (κ2) is 11.3. The van der Waals surface area contributed by atoms with E-state index in [2.05, 4.69) is 10.1 Å². The van der Waals surface area contributed by atoms with Crippen LogP contribution in [0.4, 0.5) is 0 Å². The van der Waals surface area contributed by atoms with Crippen molar-refractivity contribution in [2.24, 2.45) is 0 Å². The maximum Gasteiger partial charge on any atom is 0.459 e. The van der Waals surface area contributed by atoms with Crippen molar-refractivity contribution in [1.82, 2.24) is 14.6 Å². The van der Waals surface area contributed by atoms with E-state index < -0.39 is 67.0 Å². The number of carbonyl (C=O) groups is 1. The van der Waals surface area contributed by atoms with Crippen LogP contribution in [0, 0.1) is 0 Å². The number of para-hydroxylation sites is 1. The molecule has 1 aromatic heterocycles. The van der Waals surface area contributed by atoms with Gasteiger partial charge in [-0.05, 0) is 39.8 Å². The first-order chi connectivity index (χ1) is 16.8. The van der Waals surface area contributed by atoms with Crippen molar-refractivity contribution in [3.63, 3.8) is 0 Å². The minimum atomic E-state index is -4.22. The molecule has 14 heteroatoms. The van der Waals surface area contributed by atoms with Crippen LogP contribution in [0.5, 0.6) is 5.75 Å². The number of aliphatic hydroxyl groups excluding tert-OH is 1. The molecule has 0 aliphatic carbocycles. The van der Waals surface area contributed by atoms with Crippen LogP contribution in [-0.2, 0) is 23.4 Å². The third kappa shape index (κ3) is 6.64. The third-order valence-electron chi connectivity index (χ3n) is 5.26. The van der Waals surface area contributed by atoms with Gasteiger partial charge in [0.15, 0.2) is 6.23 Å². The molecule has 0 bridgehead atoms. The first-order valence-corrected chi connectivity index (χ1v) is 13.1. The highest BCUT2D eigenvalue weighted by Crippen LogP contribution is 2.48. The van der Waals surface area contributed by atoms with Gasteiger partial charge in [-0.2, -0.15) is 5.09 Å². The average molecular weight is 546 g/mol. The lowest BCUT2D eigenvalue weighted by Crippen LogP contribution is -2.43. The highest BCUT2D eigenvalue weighted by molar-refractivity contribution is 7.52. The van der Waals surface area contributed by atoms with Gasteiger partial charge in [-0.1, -0.05) is 18.2 Å². The second-order valence-electron chi connectivity index (χ2n) is 8.67. The molecule has 0 radical (unpaired) electrons. The van der Waals surface area contributed by atoms with E-state index in [1.54, 1.807) is 44.2 Å². The van der Waals surface area contributed by atoms with Gasteiger partial charge in [0.05, 0.1) is 12.7 Å². The smallest absolute Gasteiger partial charge is 0.459 e. The molecule has 3 N–H and O–H groups in total. The van der Waals surface area contributed by atoms with Crippen molar-refractivity contribution >= 4 is 25.3 Å². The van der Waals surface area contributed by atoms with Crippen molar-refractivity contribution in [2.45, 2.75) is 63.2 Å². The summed E-state index contributed by atoms with van der Waals surface area (Å²) in [4.78, 5) is 36.5. The molecule has 2 aromatic rings. The molecule has 2 heterocycles. The predicted molar refractivity (Wildman–Crippen MR) is 130 cm³/mol. The standard InChI is InChI=1S/C22H29ClN3O9P/c1-13(2)33-19(29)14(3)25-36(31,35-15-8-6-5-7-9-15)32-12-16-18(28)22(4,23)20(34-16)26-11-10-17(27)24-21(26)30/h5-11,13-14,16,18,20,28H,12H2,1-4H3,(H,25,31)(H,24,27,30)/t14?,16?,18-,20?,22-,36-/m1/s1. The summed E-state index contributed by atoms with van der Waals surface area (Å²) in [6.07, 6.45) is -2.92. The number of rotatable bonds is 10. The summed E-state index contributed by atoms with van der Waals surface area (Å²) in [7, 11) is -4.22. The van der Waals surface area contributed by atoms with Crippen molar-refractivity contribution in [3.8, 4) is 5.75 Å². The monoisotopic (exact) mass is 545 g/mol. The lowest BCUT2D eigenvalue weighted by atomic mass is 10.0. The van der Waals surface area contributed by atoms with E-state index in [1.807, 2.05) is 0 Å². The van der Waals surface area contributed by atoms with Crippen molar-refractivity contribution in [1.29, 1.82) is 0 Å². The molecule has 1 saturated heterocycles. The Bertz CT molecular complexity index is 1220. The largest absolute Gasteiger partial charge is 0.462 e. The number of H-pyrrole nitrogens is 1. The second-order valence-corrected chi connectivity index (χ2v) is 11.2. The van der Waals surface area contributed by atoms with Crippen LogP contribution in [0.3, 0.4) is 0 Å². The fraction of sp³-hybridized carbons (Fsp3) is 0.500. The molecule has 12 nitrogen and oxygen atoms in total. The van der Waals surface area contributed by atoms with Gasteiger partial charge < -0.3 is 19.1 Å². The zero-order valence-corrected chi connectivity index (χ0v) is 21.8. The quantitative estimate of drug-likeness (QED) is 0.229. The summed E-state index contributed by atoms with van der Waals surface area (Å²) in [5.41, 5.74) is -1.40. The zero-order valence-electron chi connectivity index (χ0n) is 20.1. The molecule has 1 aromatic carbocycles. The van der Waals surface area contributed by atoms with Crippen LogP contribution in [0.1, 0.15) is 33.9 Å². The van der Waals surface area contributed by atoms with Gasteiger partial charge in [-0.15, -0.1) is 11.6 Å². The van der Waals surface area contributed by atoms with E-state index in [4.69, 9.17) is 30.1 Å². The fourth-order valence-corrected chi connectivity index (χ4v) is 5.27. The van der Waals surface area contributed by atoms with E-state index >= 15 is 0 Å². The number of esters is 1. The molecule has 0 spiro atoms. The number of aliphatic hydroxyl groups is 1. The Morgan fingerprint density at radius 3 is 2.56 bits per heavy atom. The normalized spacial score (nSPS) is 26.4. The molecular weight excluding hydrogens is 517 g/mol. The van der Waals surface area contributed by atoms with Gasteiger partial charge in [-0.25, -0.2) is 9.36 Å². The molecule has 1 aliphatic rings. The molecule has 0 amide bonds. The number of halogens is 1. The van der Waals surface area contributed by atoms with E-state index in [1.165, 1.54) is 20.0 Å². The number of aromatic nitrogens is 2. The number of ether oxygens (including phenoxy) is 2. The van der Waals surface area contributed by atoms with E-state index in [0.29, 0.717) is 0 Å². The van der Waals surface area contributed by atoms with E-state index in [9.17, 15) is 24.1 Å². The van der Waals surface area contributed by atoms with Crippen molar-refractivity contribution in [2.75, 3.05) is 6.61 Å². The molecule has 0 saturated carbocycles. The SMILES string of the molecule is CC(C)OC(=O)C(C)N[P@@](=O)(OCC1OC(n2ccc(=O)[nH]c2=O)[C@](C)(Cl)[C@@H]1O)Oc1ccccc1. The van der Waals surface area contributed by atoms with Crippen molar-refractivity contribution < 1.29 is 33.0 Å². The molecule has 36 heavy (non-hydrogen) atoms. The number of nitrogens with zero attached hydrogens (tertiary/aromatic N) is 1. The number of benzene rings is 1. The van der Waals surface area contributed by atoms with Crippen LogP contribution in [0.15, 0.2) is 52.2 Å². The molecule has 1 fully saturated rings. The Morgan fingerprint density at radius 1 is 1.28 bits per heavy atom. The summed E-state index contributed by atoms with van der Waals surface area (Å²) in [5, 5.41) is 13.3. The van der Waals surface area contributed by atoms with Crippen molar-refractivity contribution in [3.05, 3.63) is 63.4 Å². The highest BCUT2D eigenvalue weighted by atomic mass is 35.5. The summed E-state index contributed by atoms with van der Waals surface area (Å²) in [6.45, 7) is 5.75. The number of hydrogen-bond acceptors (Lipinski definition) is 9. The molecule has 3 rings (SSSR count). The highest BCUT2D eigenvalue weighted by Gasteiger charge is 2.54. The fourth-order valence-electron chi connectivity index (χ4n) is 3.47. The van der Waals surface area contributed by atoms with Gasteiger partial charge in [0, 0.05) is 12.3 Å². The predicted octanol–water partition coefficient (Wildman–Crippen LogP) is 1.93. The summed E-state index contributed by atoms with van der Waals surface area (Å²) >= 11 is 6.52. The topological polar surface area (TPSA) is 158 Å². The summed E-state index contributed by atoms with van der Waals surface area (Å²) < 4.78 is 36.7. The van der Waals surface area contributed by atoms with Crippen LogP contribution < -0.4 is 20.9 Å². The number of aromatic amines is 1. The van der Waals surface area contributed by atoms with Gasteiger partial charge >= 0.3 is 19.4 Å². The number of carbonyl (C=O) groups excluding carboxylic acids is 1. The molecule has 3 unspecified atom stereocenters. The minimum Gasteiger partial charge on any atom is -0.462 e. The van der Waals surface area contributed by atoms with Gasteiger partial charge in [0.2, 0.25) is 0 Å². The first kappa shape index (κ1) is 28.1. The first-order valence-electron chi connectivity index (χ1n) is 11.1. The maximum atomic E-state index is 13.6. The number of alkyl halides is 1. The lowest BCUT2D eigenvalue weighted by molar-refractivity contribution is -0.149. The van der Waals surface area contributed by atoms with Gasteiger partial charge in [0.1, 0.15) is 28.9 Å². The van der Waals surface area contributed by atoms with Crippen LogP contribution in [0.2, 0.25) is 0 Å². The van der Waals surface area contributed by atoms with E-state index in [-0.39, 0.29) is 5.75 Å². The third-order valence-corrected chi connectivity index (χ3v) is 7.31. The molecule has 6 atom stereocenters. The Morgan fingerprint density at radius 2 is 1.94 bits per heavy atom. The zero-order chi connectivity index (χ0) is 26.7. The van der Waals surface area contributed by atoms with Crippen LogP contribution in [0.25, 0.3) is 0 Å². The van der Waals surface area contributed by atoms with E-state index in [0.717, 1.165) is 10.6 Å². The minimum absolute atomic E-state index is 0.200. The summed E-state index contributed by atoms with van der Waals surface area (Å²) in [5.74, 6) is -0.473. The number of nitrogens with one attached hydrogen (secondary N) is 2. The molecule has 198 valence electrons. The average Bonchev–Trinajstić information content (AvgIpc) is 3.01. The lowest BCUT2D eigenvalue weighted by Gasteiger charge is -2.26. The molecule has 1 aliphatic heterocycles. The van der Waals surface area contributed by atoms with Gasteiger partial charge in [0.25, 0.3) is 5.56 Å². The Balaban J connectivity index is 1.80. The summed E-state index contributed by atoms with van der Waals surface area (Å²) in [6, 6.07) is 8.18. The molecular formula is C22H29ClN3O9P. The Kier molecular flexibility index (Phi) is 8.81. The van der Waals surface area contributed by atoms with Crippen LogP contribution in [-0.4, -0.2) is 56.5 Å². The Hall–Kier alpha value is -2.47. The van der Waals surface area contributed by atoms with Gasteiger partial charge in [-0.3, -0.25) is 23.7 Å². The number of hydrogen-bond donors (Lipinski definition) is 3.